The SMILES string of the molecule is CCCCCCCCCCCCCCCCCOC(=O)CCC(=O)Oc1ccccc1C. The summed E-state index contributed by atoms with van der Waals surface area (Å²) in [5, 5.41) is 0. The molecule has 1 aromatic carbocycles. The van der Waals surface area contributed by atoms with Gasteiger partial charge in [0.1, 0.15) is 5.75 Å². The van der Waals surface area contributed by atoms with Crippen LogP contribution >= 0.6 is 0 Å². The topological polar surface area (TPSA) is 52.6 Å². The minimum Gasteiger partial charge on any atom is -0.466 e. The Hall–Kier alpha value is -1.84. The maximum absolute atomic E-state index is 11.9. The third-order valence-electron chi connectivity index (χ3n) is 5.86. The van der Waals surface area contributed by atoms with Gasteiger partial charge in [-0.05, 0) is 25.0 Å². The molecule has 0 aromatic heterocycles. The van der Waals surface area contributed by atoms with E-state index in [1.807, 2.05) is 25.1 Å². The first-order chi connectivity index (χ1) is 15.6. The van der Waals surface area contributed by atoms with E-state index in [2.05, 4.69) is 6.92 Å². The molecule has 0 unspecified atom stereocenters. The van der Waals surface area contributed by atoms with Crippen LogP contribution in [0.3, 0.4) is 0 Å². The number of carbonyl (C=O) groups is 2. The number of ether oxygens (including phenoxy) is 2. The lowest BCUT2D eigenvalue weighted by Crippen LogP contribution is -2.13. The van der Waals surface area contributed by atoms with Gasteiger partial charge in [-0.2, -0.15) is 0 Å². The lowest BCUT2D eigenvalue weighted by atomic mass is 10.0. The highest BCUT2D eigenvalue weighted by Crippen LogP contribution is 2.17. The molecule has 0 N–H and O–H groups in total. The molecule has 182 valence electrons. The van der Waals surface area contributed by atoms with E-state index < -0.39 is 5.97 Å². The molecule has 0 bridgehead atoms. The van der Waals surface area contributed by atoms with Gasteiger partial charge >= 0.3 is 11.9 Å². The number of benzene rings is 1. The summed E-state index contributed by atoms with van der Waals surface area (Å²) in [4.78, 5) is 23.6. The minimum atomic E-state index is -0.400. The molecule has 0 radical (unpaired) electrons. The number of carbonyl (C=O) groups excluding carboxylic acids is 2. The highest BCUT2D eigenvalue weighted by Gasteiger charge is 2.11. The van der Waals surface area contributed by atoms with Gasteiger partial charge in [0.2, 0.25) is 0 Å². The van der Waals surface area contributed by atoms with Crippen molar-refractivity contribution in [1.29, 1.82) is 0 Å². The van der Waals surface area contributed by atoms with Crippen LogP contribution in [0.25, 0.3) is 0 Å². The Morgan fingerprint density at radius 2 is 1.12 bits per heavy atom. The summed E-state index contributed by atoms with van der Waals surface area (Å²) < 4.78 is 10.5. The predicted octanol–water partition coefficient (Wildman–Crippen LogP) is 8.10. The third-order valence-corrected chi connectivity index (χ3v) is 5.86. The van der Waals surface area contributed by atoms with Gasteiger partial charge in [-0.15, -0.1) is 0 Å². The zero-order chi connectivity index (χ0) is 23.3. The summed E-state index contributed by atoms with van der Waals surface area (Å²) >= 11 is 0. The van der Waals surface area contributed by atoms with Crippen molar-refractivity contribution in [2.75, 3.05) is 6.61 Å². The number of unbranched alkanes of at least 4 members (excludes halogenated alkanes) is 14. The molecule has 0 spiro atoms. The first-order valence-electron chi connectivity index (χ1n) is 13.1. The van der Waals surface area contributed by atoms with Crippen LogP contribution in [0.2, 0.25) is 0 Å². The summed E-state index contributed by atoms with van der Waals surface area (Å²) in [6.45, 7) is 4.60. The van der Waals surface area contributed by atoms with Crippen LogP contribution in [0.5, 0.6) is 5.75 Å². The molecule has 4 heteroatoms. The van der Waals surface area contributed by atoms with Crippen LogP contribution in [0.4, 0.5) is 0 Å². The molecule has 1 rings (SSSR count). The Bertz CT molecular complexity index is 611. The van der Waals surface area contributed by atoms with E-state index in [9.17, 15) is 9.59 Å². The number of rotatable bonds is 20. The highest BCUT2D eigenvalue weighted by molar-refractivity contribution is 5.79. The van der Waals surface area contributed by atoms with Crippen molar-refractivity contribution in [1.82, 2.24) is 0 Å². The largest absolute Gasteiger partial charge is 0.466 e. The second kappa shape index (κ2) is 19.8. The predicted molar refractivity (Wildman–Crippen MR) is 132 cm³/mol. The Morgan fingerprint density at radius 1 is 0.656 bits per heavy atom. The monoisotopic (exact) mass is 446 g/mol. The Morgan fingerprint density at radius 3 is 1.66 bits per heavy atom. The van der Waals surface area contributed by atoms with Gasteiger partial charge in [0.15, 0.2) is 0 Å². The smallest absolute Gasteiger partial charge is 0.311 e. The Balaban J connectivity index is 1.84. The number of esters is 2. The lowest BCUT2D eigenvalue weighted by molar-refractivity contribution is -0.147. The van der Waals surface area contributed by atoms with E-state index in [0.717, 1.165) is 18.4 Å². The van der Waals surface area contributed by atoms with Crippen LogP contribution < -0.4 is 4.74 Å². The fraction of sp³-hybridized carbons (Fsp3) is 0.714. The van der Waals surface area contributed by atoms with Crippen molar-refractivity contribution in [3.63, 3.8) is 0 Å². The molecular formula is C28H46O4. The lowest BCUT2D eigenvalue weighted by Gasteiger charge is -2.07. The van der Waals surface area contributed by atoms with Gasteiger partial charge in [-0.25, -0.2) is 0 Å². The zero-order valence-electron chi connectivity index (χ0n) is 20.7. The van der Waals surface area contributed by atoms with Crippen molar-refractivity contribution in [2.24, 2.45) is 0 Å². The molecule has 4 nitrogen and oxygen atoms in total. The van der Waals surface area contributed by atoms with Gasteiger partial charge in [-0.3, -0.25) is 9.59 Å². The summed E-state index contributed by atoms with van der Waals surface area (Å²) in [7, 11) is 0. The molecule has 0 aliphatic rings. The molecule has 0 amide bonds. The second-order valence-electron chi connectivity index (χ2n) is 8.91. The molecule has 0 atom stereocenters. The zero-order valence-corrected chi connectivity index (χ0v) is 20.7. The first-order valence-corrected chi connectivity index (χ1v) is 13.1. The van der Waals surface area contributed by atoms with Crippen molar-refractivity contribution in [3.05, 3.63) is 29.8 Å². The summed E-state index contributed by atoms with van der Waals surface area (Å²) in [6.07, 6.45) is 19.8. The van der Waals surface area contributed by atoms with Gasteiger partial charge < -0.3 is 9.47 Å². The van der Waals surface area contributed by atoms with Crippen molar-refractivity contribution < 1.29 is 19.1 Å². The van der Waals surface area contributed by atoms with Crippen LogP contribution in [0.15, 0.2) is 24.3 Å². The van der Waals surface area contributed by atoms with E-state index >= 15 is 0 Å². The van der Waals surface area contributed by atoms with E-state index in [4.69, 9.17) is 9.47 Å². The van der Waals surface area contributed by atoms with E-state index in [1.165, 1.54) is 83.5 Å². The Kier molecular flexibility index (Phi) is 17.5. The third kappa shape index (κ3) is 15.9. The molecule has 32 heavy (non-hydrogen) atoms. The van der Waals surface area contributed by atoms with Crippen LogP contribution in [-0.2, 0) is 14.3 Å². The van der Waals surface area contributed by atoms with Crippen molar-refractivity contribution in [3.8, 4) is 5.75 Å². The molecule has 0 heterocycles. The molecule has 0 aliphatic heterocycles. The Labute approximate surface area is 196 Å². The molecule has 1 aromatic rings. The number of para-hydroxylation sites is 1. The first kappa shape index (κ1) is 28.2. The van der Waals surface area contributed by atoms with Gasteiger partial charge in [-0.1, -0.05) is 115 Å². The number of hydrogen-bond acceptors (Lipinski definition) is 4. The standard InChI is InChI=1S/C28H46O4/c1-3-4-5-6-7-8-9-10-11-12-13-14-15-16-19-24-31-27(29)22-23-28(30)32-26-21-18-17-20-25(26)2/h17-18,20-21H,3-16,19,22-24H2,1-2H3. The molecule has 0 aliphatic carbocycles. The number of aryl methyl sites for hydroxylation is 1. The van der Waals surface area contributed by atoms with Crippen LogP contribution in [-0.4, -0.2) is 18.5 Å². The van der Waals surface area contributed by atoms with Crippen molar-refractivity contribution >= 4 is 11.9 Å². The van der Waals surface area contributed by atoms with E-state index in [1.54, 1.807) is 6.07 Å². The summed E-state index contributed by atoms with van der Waals surface area (Å²) in [5.41, 5.74) is 0.900. The van der Waals surface area contributed by atoms with Gasteiger partial charge in [0, 0.05) is 0 Å². The molecule has 0 saturated heterocycles. The van der Waals surface area contributed by atoms with Gasteiger partial charge in [0.05, 0.1) is 19.4 Å². The quantitative estimate of drug-likeness (QED) is 0.115. The maximum Gasteiger partial charge on any atom is 0.311 e. The average Bonchev–Trinajstić information content (AvgIpc) is 2.79. The minimum absolute atomic E-state index is 0.0476. The molecule has 0 saturated carbocycles. The molecule has 0 fully saturated rings. The van der Waals surface area contributed by atoms with Crippen molar-refractivity contribution in [2.45, 2.75) is 123 Å². The van der Waals surface area contributed by atoms with Crippen LogP contribution in [0, 0.1) is 6.92 Å². The van der Waals surface area contributed by atoms with Gasteiger partial charge in [0.25, 0.3) is 0 Å². The van der Waals surface area contributed by atoms with E-state index in [0.29, 0.717) is 12.4 Å². The second-order valence-corrected chi connectivity index (χ2v) is 8.91. The number of hydrogen-bond donors (Lipinski definition) is 0. The fourth-order valence-corrected chi connectivity index (χ4v) is 3.78. The summed E-state index contributed by atoms with van der Waals surface area (Å²) in [5.74, 6) is -0.177. The normalized spacial score (nSPS) is 10.8. The fourth-order valence-electron chi connectivity index (χ4n) is 3.78. The van der Waals surface area contributed by atoms with E-state index in [-0.39, 0.29) is 18.8 Å². The molecular weight excluding hydrogens is 400 g/mol. The highest BCUT2D eigenvalue weighted by atomic mass is 16.5. The average molecular weight is 447 g/mol. The van der Waals surface area contributed by atoms with Crippen LogP contribution in [0.1, 0.15) is 122 Å². The summed E-state index contributed by atoms with van der Waals surface area (Å²) in [6, 6.07) is 7.35. The maximum atomic E-state index is 11.9.